The number of alkyl halides is 3. The molecular weight excluding hydrogens is 463 g/mol. The number of carbonyl (C=O) groups is 3. The monoisotopic (exact) mass is 483 g/mol. The van der Waals surface area contributed by atoms with Crippen LogP contribution in [0.5, 0.6) is 0 Å². The number of nitrogens with one attached hydrogen (secondary N) is 1. The Bertz CT molecular complexity index is 1040. The Labute approximate surface area is 192 Å². The normalized spacial score (nSPS) is 21.2. The zero-order valence-corrected chi connectivity index (χ0v) is 18.1. The summed E-state index contributed by atoms with van der Waals surface area (Å²) in [7, 11) is 0. The van der Waals surface area contributed by atoms with Crippen LogP contribution in [0.4, 0.5) is 13.2 Å². The molecule has 176 valence electrons. The second-order valence-corrected chi connectivity index (χ2v) is 8.42. The largest absolute Gasteiger partial charge is 0.490 e. The SMILES string of the molecule is O=C(NCc1cccnc1)C1CC12CCN(C(=O)c1cccc(Cl)c1)C2.O=C(O)C(F)(F)F. The van der Waals surface area contributed by atoms with Crippen LogP contribution in [0.1, 0.15) is 28.8 Å². The van der Waals surface area contributed by atoms with Gasteiger partial charge in [0.1, 0.15) is 0 Å². The molecule has 1 saturated carbocycles. The zero-order chi connectivity index (χ0) is 24.2. The van der Waals surface area contributed by atoms with Crippen molar-refractivity contribution in [3.63, 3.8) is 0 Å². The highest BCUT2D eigenvalue weighted by Gasteiger charge is 2.61. The van der Waals surface area contributed by atoms with Gasteiger partial charge >= 0.3 is 12.1 Å². The Morgan fingerprint density at radius 2 is 1.97 bits per heavy atom. The third-order valence-corrected chi connectivity index (χ3v) is 5.92. The molecule has 4 rings (SSSR count). The molecular formula is C22H21ClF3N3O4. The van der Waals surface area contributed by atoms with Gasteiger partial charge in [-0.3, -0.25) is 14.6 Å². The van der Waals surface area contributed by atoms with Crippen molar-refractivity contribution in [2.75, 3.05) is 13.1 Å². The molecule has 0 radical (unpaired) electrons. The topological polar surface area (TPSA) is 99.6 Å². The Morgan fingerprint density at radius 1 is 1.24 bits per heavy atom. The van der Waals surface area contributed by atoms with E-state index in [9.17, 15) is 22.8 Å². The first-order valence-electron chi connectivity index (χ1n) is 10.0. The molecule has 2 amide bonds. The van der Waals surface area contributed by atoms with E-state index in [2.05, 4.69) is 10.3 Å². The minimum Gasteiger partial charge on any atom is -0.475 e. The maximum Gasteiger partial charge on any atom is 0.490 e. The molecule has 1 aliphatic carbocycles. The lowest BCUT2D eigenvalue weighted by Crippen LogP contribution is -2.31. The minimum absolute atomic E-state index is 0.00340. The van der Waals surface area contributed by atoms with Crippen LogP contribution in [0.25, 0.3) is 0 Å². The number of aromatic nitrogens is 1. The van der Waals surface area contributed by atoms with E-state index in [0.717, 1.165) is 18.4 Å². The molecule has 33 heavy (non-hydrogen) atoms. The Kier molecular flexibility index (Phi) is 7.26. The lowest BCUT2D eigenvalue weighted by atomic mass is 10.0. The van der Waals surface area contributed by atoms with Crippen LogP contribution in [0.3, 0.4) is 0 Å². The number of hydrogen-bond acceptors (Lipinski definition) is 4. The van der Waals surface area contributed by atoms with E-state index in [1.807, 2.05) is 17.0 Å². The van der Waals surface area contributed by atoms with Crippen LogP contribution >= 0.6 is 11.6 Å². The second kappa shape index (κ2) is 9.78. The lowest BCUT2D eigenvalue weighted by molar-refractivity contribution is -0.192. The van der Waals surface area contributed by atoms with Gasteiger partial charge in [0.2, 0.25) is 5.91 Å². The Balaban J connectivity index is 0.000000383. The van der Waals surface area contributed by atoms with E-state index < -0.39 is 12.1 Å². The summed E-state index contributed by atoms with van der Waals surface area (Å²) in [5.41, 5.74) is 1.54. The quantitative estimate of drug-likeness (QED) is 0.693. The van der Waals surface area contributed by atoms with Crippen molar-refractivity contribution >= 4 is 29.4 Å². The number of pyridine rings is 1. The number of aliphatic carboxylic acids is 1. The fraction of sp³-hybridized carbons (Fsp3) is 0.364. The summed E-state index contributed by atoms with van der Waals surface area (Å²) in [5.74, 6) is -2.69. The van der Waals surface area contributed by atoms with Gasteiger partial charge < -0.3 is 15.3 Å². The molecule has 1 aromatic carbocycles. The van der Waals surface area contributed by atoms with E-state index >= 15 is 0 Å². The van der Waals surface area contributed by atoms with Crippen molar-refractivity contribution in [1.82, 2.24) is 15.2 Å². The van der Waals surface area contributed by atoms with Crippen LogP contribution in [0, 0.1) is 11.3 Å². The first-order valence-corrected chi connectivity index (χ1v) is 10.4. The van der Waals surface area contributed by atoms with Crippen LogP contribution in [0.15, 0.2) is 48.8 Å². The first kappa shape index (κ1) is 24.5. The number of carboxylic acids is 1. The summed E-state index contributed by atoms with van der Waals surface area (Å²) in [6.07, 6.45) is 0.116. The van der Waals surface area contributed by atoms with Crippen LogP contribution in [-0.4, -0.2) is 52.0 Å². The number of likely N-dealkylation sites (tertiary alicyclic amines) is 1. The predicted molar refractivity (Wildman–Crippen MR) is 112 cm³/mol. The van der Waals surface area contributed by atoms with E-state index in [-0.39, 0.29) is 23.1 Å². The first-order chi connectivity index (χ1) is 15.5. The molecule has 0 bridgehead atoms. The summed E-state index contributed by atoms with van der Waals surface area (Å²) < 4.78 is 31.7. The summed E-state index contributed by atoms with van der Waals surface area (Å²) >= 11 is 5.99. The average Bonchev–Trinajstić information content (AvgIpc) is 3.31. The number of halogens is 4. The van der Waals surface area contributed by atoms with Crippen molar-refractivity contribution in [1.29, 1.82) is 0 Å². The van der Waals surface area contributed by atoms with Gasteiger partial charge in [0, 0.05) is 53.9 Å². The van der Waals surface area contributed by atoms with E-state index in [1.165, 1.54) is 0 Å². The highest BCUT2D eigenvalue weighted by Crippen LogP contribution is 2.58. The Hall–Kier alpha value is -3.14. The smallest absolute Gasteiger partial charge is 0.475 e. The summed E-state index contributed by atoms with van der Waals surface area (Å²) in [6, 6.07) is 10.8. The number of carbonyl (C=O) groups excluding carboxylic acids is 2. The number of hydrogen-bond donors (Lipinski definition) is 2. The fourth-order valence-electron chi connectivity index (χ4n) is 3.86. The van der Waals surface area contributed by atoms with E-state index in [4.69, 9.17) is 21.5 Å². The highest BCUT2D eigenvalue weighted by atomic mass is 35.5. The third-order valence-electron chi connectivity index (χ3n) is 5.68. The van der Waals surface area contributed by atoms with Gasteiger partial charge in [-0.1, -0.05) is 23.7 Å². The summed E-state index contributed by atoms with van der Waals surface area (Å²) in [6.45, 7) is 1.82. The molecule has 2 N–H and O–H groups in total. The third kappa shape index (κ3) is 6.22. The van der Waals surface area contributed by atoms with Crippen molar-refractivity contribution in [3.8, 4) is 0 Å². The number of nitrogens with zero attached hydrogens (tertiary/aromatic N) is 2. The molecule has 7 nitrogen and oxygen atoms in total. The highest BCUT2D eigenvalue weighted by molar-refractivity contribution is 6.30. The molecule has 2 aliphatic rings. The summed E-state index contributed by atoms with van der Waals surface area (Å²) in [5, 5.41) is 10.7. The standard InChI is InChI=1S/C20H20ClN3O2.C2HF3O2/c21-16-5-1-4-15(9-16)19(26)24-8-6-20(13-24)10-17(20)18(25)23-12-14-3-2-7-22-11-14;3-2(4,5)1(6)7/h1-5,7,9,11,17H,6,8,10,12-13H2,(H,23,25);(H,6,7). The molecule has 2 atom stereocenters. The van der Waals surface area contributed by atoms with Crippen molar-refractivity contribution in [3.05, 3.63) is 64.9 Å². The molecule has 2 aromatic rings. The van der Waals surface area contributed by atoms with E-state index in [0.29, 0.717) is 30.2 Å². The molecule has 1 saturated heterocycles. The van der Waals surface area contributed by atoms with Crippen LogP contribution in [-0.2, 0) is 16.1 Å². The van der Waals surface area contributed by atoms with Gasteiger partial charge in [0.05, 0.1) is 0 Å². The van der Waals surface area contributed by atoms with Crippen molar-refractivity contribution in [2.24, 2.45) is 11.3 Å². The van der Waals surface area contributed by atoms with Gasteiger partial charge in [0.25, 0.3) is 5.91 Å². The van der Waals surface area contributed by atoms with Gasteiger partial charge in [-0.25, -0.2) is 4.79 Å². The van der Waals surface area contributed by atoms with Crippen LogP contribution in [0.2, 0.25) is 5.02 Å². The molecule has 2 fully saturated rings. The maximum atomic E-state index is 12.7. The Morgan fingerprint density at radius 3 is 2.58 bits per heavy atom. The molecule has 1 aromatic heterocycles. The summed E-state index contributed by atoms with van der Waals surface area (Å²) in [4.78, 5) is 39.9. The molecule has 1 spiro atoms. The zero-order valence-electron chi connectivity index (χ0n) is 17.3. The molecule has 2 heterocycles. The predicted octanol–water partition coefficient (Wildman–Crippen LogP) is 3.54. The van der Waals surface area contributed by atoms with Crippen molar-refractivity contribution < 1.29 is 32.7 Å². The number of benzene rings is 1. The number of carboxylic acid groups (broad SMARTS) is 1. The lowest BCUT2D eigenvalue weighted by Gasteiger charge is -2.17. The van der Waals surface area contributed by atoms with Gasteiger partial charge in [-0.15, -0.1) is 0 Å². The van der Waals surface area contributed by atoms with Crippen LogP contribution < -0.4 is 5.32 Å². The molecule has 1 aliphatic heterocycles. The van der Waals surface area contributed by atoms with Crippen molar-refractivity contribution in [2.45, 2.75) is 25.6 Å². The van der Waals surface area contributed by atoms with Gasteiger partial charge in [0.15, 0.2) is 0 Å². The van der Waals surface area contributed by atoms with Gasteiger partial charge in [-0.05, 0) is 42.7 Å². The van der Waals surface area contributed by atoms with E-state index in [1.54, 1.807) is 36.7 Å². The molecule has 2 unspecified atom stereocenters. The average molecular weight is 484 g/mol. The minimum atomic E-state index is -5.08. The maximum absolute atomic E-state index is 12.7. The number of amides is 2. The fourth-order valence-corrected chi connectivity index (χ4v) is 4.05. The number of rotatable bonds is 4. The second-order valence-electron chi connectivity index (χ2n) is 7.99. The van der Waals surface area contributed by atoms with Gasteiger partial charge in [-0.2, -0.15) is 13.2 Å². The molecule has 11 heteroatoms.